The van der Waals surface area contributed by atoms with Gasteiger partial charge in [-0.05, 0) is 19.4 Å². The van der Waals surface area contributed by atoms with E-state index in [1.807, 2.05) is 7.05 Å². The lowest BCUT2D eigenvalue weighted by Gasteiger charge is -2.02. The van der Waals surface area contributed by atoms with Crippen LogP contribution in [0.1, 0.15) is 16.3 Å². The van der Waals surface area contributed by atoms with Gasteiger partial charge in [-0.1, -0.05) is 23.4 Å². The van der Waals surface area contributed by atoms with Crippen LogP contribution in [0.25, 0.3) is 10.2 Å². The quantitative estimate of drug-likeness (QED) is 0.546. The Morgan fingerprint density at radius 3 is 2.85 bits per heavy atom. The second kappa shape index (κ2) is 5.31. The molecule has 0 atom stereocenters. The van der Waals surface area contributed by atoms with E-state index < -0.39 is 0 Å². The number of aryl methyl sites for hydroxylation is 3. The summed E-state index contributed by atoms with van der Waals surface area (Å²) in [5.41, 5.74) is 1.17. The van der Waals surface area contributed by atoms with E-state index in [0.717, 1.165) is 21.2 Å². The summed E-state index contributed by atoms with van der Waals surface area (Å²) in [4.78, 5) is 15.3. The van der Waals surface area contributed by atoms with Gasteiger partial charge in [0.05, 0.1) is 11.1 Å². The number of halogens is 1. The molecule has 0 aliphatic rings. The fraction of sp³-hybridized carbons (Fsp3) is 0.333. The average molecular weight is 326 g/mol. The third-order valence-corrected chi connectivity index (χ3v) is 5.44. The second-order valence-corrected chi connectivity index (χ2v) is 6.85. The summed E-state index contributed by atoms with van der Waals surface area (Å²) in [5.74, 6) is 1.34. The first-order valence-electron chi connectivity index (χ1n) is 5.95. The van der Waals surface area contributed by atoms with Crippen LogP contribution in [0.5, 0.6) is 0 Å². The van der Waals surface area contributed by atoms with Crippen LogP contribution in [0.4, 0.5) is 0 Å². The van der Waals surface area contributed by atoms with E-state index in [2.05, 4.69) is 33.9 Å². The molecule has 0 radical (unpaired) electrons. The summed E-state index contributed by atoms with van der Waals surface area (Å²) < 4.78 is 1.73. The SMILES string of the molecule is Cc1sc2nc(CSc3ncnn3C)nc(Cl)c2c1C. The van der Waals surface area contributed by atoms with Crippen molar-refractivity contribution in [3.63, 3.8) is 0 Å². The molecule has 0 saturated carbocycles. The van der Waals surface area contributed by atoms with Gasteiger partial charge in [0.1, 0.15) is 22.1 Å². The van der Waals surface area contributed by atoms with Gasteiger partial charge >= 0.3 is 0 Å². The zero-order chi connectivity index (χ0) is 14.3. The molecule has 104 valence electrons. The normalized spacial score (nSPS) is 11.4. The van der Waals surface area contributed by atoms with E-state index in [0.29, 0.717) is 10.9 Å². The van der Waals surface area contributed by atoms with Crippen molar-refractivity contribution in [1.29, 1.82) is 0 Å². The minimum Gasteiger partial charge on any atom is -0.244 e. The number of hydrogen-bond acceptors (Lipinski definition) is 6. The van der Waals surface area contributed by atoms with Crippen molar-refractivity contribution in [3.8, 4) is 0 Å². The Bertz CT molecular complexity index is 780. The molecule has 0 N–H and O–H groups in total. The Morgan fingerprint density at radius 1 is 1.35 bits per heavy atom. The molecule has 3 rings (SSSR count). The fourth-order valence-corrected chi connectivity index (χ4v) is 4.03. The lowest BCUT2D eigenvalue weighted by atomic mass is 10.2. The minimum atomic E-state index is 0.533. The topological polar surface area (TPSA) is 56.5 Å². The molecule has 0 aromatic carbocycles. The van der Waals surface area contributed by atoms with Crippen LogP contribution in [-0.4, -0.2) is 24.7 Å². The zero-order valence-corrected chi connectivity index (χ0v) is 13.6. The third-order valence-electron chi connectivity index (χ3n) is 3.03. The molecule has 0 aliphatic carbocycles. The third kappa shape index (κ3) is 2.41. The smallest absolute Gasteiger partial charge is 0.186 e. The maximum Gasteiger partial charge on any atom is 0.186 e. The lowest BCUT2D eigenvalue weighted by Crippen LogP contribution is -1.96. The minimum absolute atomic E-state index is 0.533. The van der Waals surface area contributed by atoms with Crippen LogP contribution in [0.3, 0.4) is 0 Å². The molecule has 0 fully saturated rings. The zero-order valence-electron chi connectivity index (χ0n) is 11.2. The highest BCUT2D eigenvalue weighted by Gasteiger charge is 2.13. The molecule has 3 aromatic heterocycles. The predicted molar refractivity (Wildman–Crippen MR) is 82.5 cm³/mol. The highest BCUT2D eigenvalue weighted by Crippen LogP contribution is 2.33. The van der Waals surface area contributed by atoms with Crippen molar-refractivity contribution in [1.82, 2.24) is 24.7 Å². The number of thioether (sulfide) groups is 1. The molecule has 0 bridgehead atoms. The molecule has 0 amide bonds. The van der Waals surface area contributed by atoms with E-state index >= 15 is 0 Å². The van der Waals surface area contributed by atoms with E-state index in [-0.39, 0.29) is 0 Å². The van der Waals surface area contributed by atoms with Crippen LogP contribution in [0.15, 0.2) is 11.5 Å². The summed E-state index contributed by atoms with van der Waals surface area (Å²) in [7, 11) is 1.86. The molecule has 0 saturated heterocycles. The average Bonchev–Trinajstić information content (AvgIpc) is 2.92. The van der Waals surface area contributed by atoms with Gasteiger partial charge in [-0.25, -0.2) is 19.6 Å². The highest BCUT2D eigenvalue weighted by atomic mass is 35.5. The molecule has 20 heavy (non-hydrogen) atoms. The van der Waals surface area contributed by atoms with Gasteiger partial charge in [-0.2, -0.15) is 5.10 Å². The number of rotatable bonds is 3. The summed E-state index contributed by atoms with van der Waals surface area (Å²) in [6.07, 6.45) is 1.53. The van der Waals surface area contributed by atoms with Gasteiger partial charge in [0.25, 0.3) is 0 Å². The first kappa shape index (κ1) is 13.8. The van der Waals surface area contributed by atoms with Gasteiger partial charge < -0.3 is 0 Å². The standard InChI is InChI=1S/C12H12ClN5S2/c1-6-7(2)20-11-9(6)10(13)16-8(17-11)4-19-12-14-5-15-18(12)3/h5H,4H2,1-3H3. The Kier molecular flexibility index (Phi) is 3.66. The van der Waals surface area contributed by atoms with E-state index in [1.54, 1.807) is 27.8 Å². The molecule has 0 unspecified atom stereocenters. The predicted octanol–water partition coefficient (Wildman–Crippen LogP) is 3.38. The van der Waals surface area contributed by atoms with Crippen LogP contribution in [0.2, 0.25) is 5.15 Å². The van der Waals surface area contributed by atoms with Gasteiger partial charge in [-0.3, -0.25) is 0 Å². The molecule has 0 aliphatic heterocycles. The summed E-state index contributed by atoms with van der Waals surface area (Å²) in [6, 6.07) is 0. The van der Waals surface area contributed by atoms with Gasteiger partial charge in [0, 0.05) is 11.9 Å². The maximum atomic E-state index is 6.29. The summed E-state index contributed by atoms with van der Waals surface area (Å²) >= 11 is 9.49. The van der Waals surface area contributed by atoms with Gasteiger partial charge in [-0.15, -0.1) is 11.3 Å². The summed E-state index contributed by atoms with van der Waals surface area (Å²) in [6.45, 7) is 4.13. The number of thiophene rings is 1. The second-order valence-electron chi connectivity index (χ2n) is 4.35. The molecular formula is C12H12ClN5S2. The molecule has 3 heterocycles. The first-order valence-corrected chi connectivity index (χ1v) is 8.13. The van der Waals surface area contributed by atoms with E-state index in [1.165, 1.54) is 16.8 Å². The Balaban J connectivity index is 1.91. The first-order chi connectivity index (χ1) is 9.56. The van der Waals surface area contributed by atoms with Crippen LogP contribution in [-0.2, 0) is 12.8 Å². The van der Waals surface area contributed by atoms with Crippen molar-refractivity contribution in [2.24, 2.45) is 7.05 Å². The van der Waals surface area contributed by atoms with Gasteiger partial charge in [0.2, 0.25) is 0 Å². The monoisotopic (exact) mass is 325 g/mol. The van der Waals surface area contributed by atoms with Crippen molar-refractivity contribution < 1.29 is 0 Å². The molecule has 8 heteroatoms. The maximum absolute atomic E-state index is 6.29. The number of hydrogen-bond donors (Lipinski definition) is 0. The van der Waals surface area contributed by atoms with Crippen LogP contribution in [0, 0.1) is 13.8 Å². The van der Waals surface area contributed by atoms with Crippen LogP contribution < -0.4 is 0 Å². The number of aromatic nitrogens is 5. The Hall–Kier alpha value is -1.18. The van der Waals surface area contributed by atoms with Crippen molar-refractivity contribution >= 4 is 44.9 Å². The lowest BCUT2D eigenvalue weighted by molar-refractivity contribution is 0.685. The van der Waals surface area contributed by atoms with Gasteiger partial charge in [0.15, 0.2) is 5.16 Å². The molecule has 3 aromatic rings. The Morgan fingerprint density at radius 2 is 2.15 bits per heavy atom. The summed E-state index contributed by atoms with van der Waals surface area (Å²) in [5, 5.41) is 6.37. The van der Waals surface area contributed by atoms with Crippen LogP contribution >= 0.6 is 34.7 Å². The van der Waals surface area contributed by atoms with Crippen molar-refractivity contribution in [3.05, 3.63) is 27.7 Å². The molecule has 5 nitrogen and oxygen atoms in total. The number of fused-ring (bicyclic) bond motifs is 1. The number of nitrogens with zero attached hydrogens (tertiary/aromatic N) is 5. The fourth-order valence-electron chi connectivity index (χ4n) is 1.85. The Labute approximate surface area is 129 Å². The van der Waals surface area contributed by atoms with E-state index in [4.69, 9.17) is 11.6 Å². The van der Waals surface area contributed by atoms with Crippen molar-refractivity contribution in [2.75, 3.05) is 0 Å². The van der Waals surface area contributed by atoms with E-state index in [9.17, 15) is 0 Å². The molecule has 0 spiro atoms. The van der Waals surface area contributed by atoms with Crippen molar-refractivity contribution in [2.45, 2.75) is 24.8 Å². The molecular weight excluding hydrogens is 314 g/mol. The highest BCUT2D eigenvalue weighted by molar-refractivity contribution is 7.98. The largest absolute Gasteiger partial charge is 0.244 e.